The Bertz CT molecular complexity index is 509. The van der Waals surface area contributed by atoms with Crippen molar-refractivity contribution in [3.8, 4) is 5.75 Å². The molecule has 1 aliphatic heterocycles. The number of thiazole rings is 1. The van der Waals surface area contributed by atoms with Crippen LogP contribution in [-0.2, 0) is 6.42 Å². The predicted octanol–water partition coefficient (Wildman–Crippen LogP) is 2.44. The molecule has 1 aromatic heterocycles. The van der Waals surface area contributed by atoms with E-state index in [1.54, 1.807) is 0 Å². The molecule has 0 bridgehead atoms. The van der Waals surface area contributed by atoms with Gasteiger partial charge in [0.25, 0.3) is 0 Å². The van der Waals surface area contributed by atoms with E-state index in [1.807, 2.05) is 23.6 Å². The molecular weight excluding hydrogens is 220 g/mol. The Morgan fingerprint density at radius 3 is 3.06 bits per heavy atom. The van der Waals surface area contributed by atoms with Gasteiger partial charge in [-0.05, 0) is 18.1 Å². The summed E-state index contributed by atoms with van der Waals surface area (Å²) in [6.07, 6.45) is 0.985. The summed E-state index contributed by atoms with van der Waals surface area (Å²) in [6.45, 7) is 0.695. The highest BCUT2D eigenvalue weighted by atomic mass is 32.1. The van der Waals surface area contributed by atoms with Gasteiger partial charge in [0.15, 0.2) is 5.13 Å². The third-order valence-corrected chi connectivity index (χ3v) is 3.53. The van der Waals surface area contributed by atoms with E-state index in [0.29, 0.717) is 17.7 Å². The van der Waals surface area contributed by atoms with E-state index in [-0.39, 0.29) is 0 Å². The van der Waals surface area contributed by atoms with Crippen LogP contribution in [0.25, 0.3) is 0 Å². The number of hydrogen-bond donors (Lipinski definition) is 1. The molecular formula is C12H12N2OS. The zero-order chi connectivity index (χ0) is 11.0. The van der Waals surface area contributed by atoms with E-state index in [1.165, 1.54) is 16.9 Å². The predicted molar refractivity (Wildman–Crippen MR) is 64.9 cm³/mol. The van der Waals surface area contributed by atoms with Gasteiger partial charge in [-0.15, -0.1) is 11.3 Å². The van der Waals surface area contributed by atoms with Crippen molar-refractivity contribution in [1.82, 2.24) is 4.98 Å². The lowest BCUT2D eigenvalue weighted by molar-refractivity contribution is 0.261. The fourth-order valence-corrected chi connectivity index (χ4v) is 2.65. The molecule has 1 atom stereocenters. The molecule has 0 fully saturated rings. The largest absolute Gasteiger partial charge is 0.493 e. The van der Waals surface area contributed by atoms with Gasteiger partial charge in [-0.3, -0.25) is 0 Å². The van der Waals surface area contributed by atoms with Gasteiger partial charge in [0.05, 0.1) is 12.3 Å². The van der Waals surface area contributed by atoms with Gasteiger partial charge in [0, 0.05) is 11.3 Å². The molecule has 82 valence electrons. The average molecular weight is 232 g/mol. The first-order chi connectivity index (χ1) is 7.83. The standard InChI is InChI=1S/C12H12N2OS/c13-12-14-10(7-16-12)9-5-8-3-1-2-4-11(8)15-6-9/h1-4,7,9H,5-6H2,(H2,13,14). The van der Waals surface area contributed by atoms with Gasteiger partial charge in [-0.25, -0.2) is 4.98 Å². The van der Waals surface area contributed by atoms with Crippen molar-refractivity contribution in [1.29, 1.82) is 0 Å². The topological polar surface area (TPSA) is 48.1 Å². The molecule has 1 aliphatic rings. The number of hydrogen-bond acceptors (Lipinski definition) is 4. The summed E-state index contributed by atoms with van der Waals surface area (Å²) in [4.78, 5) is 4.32. The van der Waals surface area contributed by atoms with Crippen LogP contribution >= 0.6 is 11.3 Å². The molecule has 16 heavy (non-hydrogen) atoms. The average Bonchev–Trinajstić information content (AvgIpc) is 2.75. The number of ether oxygens (including phenoxy) is 1. The van der Waals surface area contributed by atoms with Crippen LogP contribution in [0.1, 0.15) is 17.2 Å². The molecule has 0 radical (unpaired) electrons. The molecule has 1 unspecified atom stereocenters. The van der Waals surface area contributed by atoms with Gasteiger partial charge in [0.2, 0.25) is 0 Å². The third-order valence-electron chi connectivity index (χ3n) is 2.84. The summed E-state index contributed by atoms with van der Waals surface area (Å²) in [5.41, 5.74) is 7.95. The lowest BCUT2D eigenvalue weighted by Crippen LogP contribution is -2.19. The number of nitrogens with two attached hydrogens (primary N) is 1. The van der Waals surface area contributed by atoms with E-state index < -0.39 is 0 Å². The first-order valence-electron chi connectivity index (χ1n) is 5.24. The maximum atomic E-state index is 5.72. The molecule has 2 heterocycles. The highest BCUT2D eigenvalue weighted by Crippen LogP contribution is 2.32. The van der Waals surface area contributed by atoms with E-state index >= 15 is 0 Å². The summed E-state index contributed by atoms with van der Waals surface area (Å²) in [6, 6.07) is 8.16. The van der Waals surface area contributed by atoms with Crippen LogP contribution in [0.3, 0.4) is 0 Å². The van der Waals surface area contributed by atoms with Gasteiger partial charge < -0.3 is 10.5 Å². The molecule has 1 aromatic carbocycles. The van der Waals surface area contributed by atoms with Crippen molar-refractivity contribution in [3.05, 3.63) is 40.9 Å². The van der Waals surface area contributed by atoms with Crippen molar-refractivity contribution in [2.75, 3.05) is 12.3 Å². The molecule has 0 saturated heterocycles. The molecule has 0 spiro atoms. The summed E-state index contributed by atoms with van der Waals surface area (Å²) in [7, 11) is 0. The highest BCUT2D eigenvalue weighted by molar-refractivity contribution is 7.13. The summed E-state index contributed by atoms with van der Waals surface area (Å²) >= 11 is 1.49. The number of nitrogen functional groups attached to an aromatic ring is 1. The van der Waals surface area contributed by atoms with Gasteiger partial charge in [0.1, 0.15) is 5.75 Å². The molecule has 3 nitrogen and oxygen atoms in total. The number of nitrogens with zero attached hydrogens (tertiary/aromatic N) is 1. The molecule has 0 amide bonds. The smallest absolute Gasteiger partial charge is 0.180 e. The fraction of sp³-hybridized carbons (Fsp3) is 0.250. The van der Waals surface area contributed by atoms with E-state index in [2.05, 4.69) is 11.1 Å². The summed E-state index contributed by atoms with van der Waals surface area (Å²) in [5, 5.41) is 2.66. The second-order valence-corrected chi connectivity index (χ2v) is 4.82. The Balaban J connectivity index is 1.88. The van der Waals surface area contributed by atoms with Crippen molar-refractivity contribution < 1.29 is 4.74 Å². The van der Waals surface area contributed by atoms with Crippen molar-refractivity contribution in [2.24, 2.45) is 0 Å². The fourth-order valence-electron chi connectivity index (χ4n) is 2.01. The first-order valence-corrected chi connectivity index (χ1v) is 6.12. The van der Waals surface area contributed by atoms with Gasteiger partial charge in [-0.2, -0.15) is 0 Å². The second-order valence-electron chi connectivity index (χ2n) is 3.93. The quantitative estimate of drug-likeness (QED) is 0.821. The monoisotopic (exact) mass is 232 g/mol. The van der Waals surface area contributed by atoms with E-state index in [4.69, 9.17) is 10.5 Å². The van der Waals surface area contributed by atoms with Crippen LogP contribution in [0.15, 0.2) is 29.6 Å². The highest BCUT2D eigenvalue weighted by Gasteiger charge is 2.22. The van der Waals surface area contributed by atoms with Gasteiger partial charge >= 0.3 is 0 Å². The van der Waals surface area contributed by atoms with Crippen molar-refractivity contribution in [2.45, 2.75) is 12.3 Å². The minimum absolute atomic E-state index is 0.337. The zero-order valence-corrected chi connectivity index (χ0v) is 9.54. The van der Waals surface area contributed by atoms with Crippen LogP contribution in [0.2, 0.25) is 0 Å². The number of aromatic nitrogens is 1. The zero-order valence-electron chi connectivity index (χ0n) is 8.72. The third kappa shape index (κ3) is 1.65. The Kier molecular flexibility index (Phi) is 2.29. The van der Waals surface area contributed by atoms with Crippen LogP contribution in [0.5, 0.6) is 5.75 Å². The molecule has 2 N–H and O–H groups in total. The normalized spacial score (nSPS) is 18.9. The van der Waals surface area contributed by atoms with Crippen molar-refractivity contribution >= 4 is 16.5 Å². The number of benzene rings is 1. The molecule has 0 aliphatic carbocycles. The minimum atomic E-state index is 0.337. The number of anilines is 1. The van der Waals surface area contributed by atoms with Crippen LogP contribution < -0.4 is 10.5 Å². The van der Waals surface area contributed by atoms with Crippen LogP contribution in [0, 0.1) is 0 Å². The second kappa shape index (κ2) is 3.79. The van der Waals surface area contributed by atoms with Crippen LogP contribution in [0.4, 0.5) is 5.13 Å². The summed E-state index contributed by atoms with van der Waals surface area (Å²) < 4.78 is 5.72. The first kappa shape index (κ1) is 9.66. The maximum absolute atomic E-state index is 5.72. The lowest BCUT2D eigenvalue weighted by atomic mass is 9.95. The Morgan fingerprint density at radius 1 is 1.38 bits per heavy atom. The maximum Gasteiger partial charge on any atom is 0.180 e. The van der Waals surface area contributed by atoms with Gasteiger partial charge in [-0.1, -0.05) is 18.2 Å². The summed E-state index contributed by atoms with van der Waals surface area (Å²) in [5.74, 6) is 1.34. The van der Waals surface area contributed by atoms with Crippen molar-refractivity contribution in [3.63, 3.8) is 0 Å². The Labute approximate surface area is 97.9 Å². The molecule has 2 aromatic rings. The number of fused-ring (bicyclic) bond motifs is 1. The lowest BCUT2D eigenvalue weighted by Gasteiger charge is -2.23. The minimum Gasteiger partial charge on any atom is -0.493 e. The SMILES string of the molecule is Nc1nc(C2COc3ccccc3C2)cs1. The molecule has 4 heteroatoms. The molecule has 3 rings (SSSR count). The number of para-hydroxylation sites is 1. The van der Waals surface area contributed by atoms with Crippen LogP contribution in [-0.4, -0.2) is 11.6 Å². The Hall–Kier alpha value is -1.55. The Morgan fingerprint density at radius 2 is 2.25 bits per heavy atom. The van der Waals surface area contributed by atoms with E-state index in [0.717, 1.165) is 17.9 Å². The molecule has 0 saturated carbocycles. The number of rotatable bonds is 1. The van der Waals surface area contributed by atoms with E-state index in [9.17, 15) is 0 Å².